The lowest BCUT2D eigenvalue weighted by Gasteiger charge is -2.25. The molecule has 5 heteroatoms. The first-order valence-electron chi connectivity index (χ1n) is 15.8. The van der Waals surface area contributed by atoms with Crippen LogP contribution in [0.2, 0.25) is 5.02 Å². The molecule has 0 bridgehead atoms. The Morgan fingerprint density at radius 3 is 2.43 bits per heavy atom. The largest absolute Gasteiger partial charge is 0.454 e. The van der Waals surface area contributed by atoms with Crippen LogP contribution in [0, 0.1) is 5.92 Å². The van der Waals surface area contributed by atoms with E-state index < -0.39 is 0 Å². The Morgan fingerprint density at radius 1 is 0.761 bits per heavy atom. The van der Waals surface area contributed by atoms with E-state index in [9.17, 15) is 0 Å². The van der Waals surface area contributed by atoms with E-state index >= 15 is 0 Å². The van der Waals surface area contributed by atoms with Crippen molar-refractivity contribution in [3.05, 3.63) is 143 Å². The van der Waals surface area contributed by atoms with Gasteiger partial charge in [-0.25, -0.2) is 4.99 Å². The van der Waals surface area contributed by atoms with Crippen LogP contribution < -0.4 is 0 Å². The van der Waals surface area contributed by atoms with Crippen LogP contribution in [0.5, 0.6) is 0 Å². The minimum absolute atomic E-state index is 0.00128. The van der Waals surface area contributed by atoms with Crippen LogP contribution >= 0.6 is 22.9 Å². The van der Waals surface area contributed by atoms with E-state index in [1.807, 2.05) is 23.5 Å². The second-order valence-electron chi connectivity index (χ2n) is 12.3. The molecule has 2 unspecified atom stereocenters. The van der Waals surface area contributed by atoms with Gasteiger partial charge in [-0.2, -0.15) is 0 Å². The normalized spacial score (nSPS) is 19.7. The Balaban J connectivity index is 1.29. The van der Waals surface area contributed by atoms with Crippen LogP contribution in [0.15, 0.2) is 136 Å². The third-order valence-corrected chi connectivity index (χ3v) is 10.9. The third-order valence-electron chi connectivity index (χ3n) is 9.41. The highest BCUT2D eigenvalue weighted by Gasteiger charge is 2.25. The van der Waals surface area contributed by atoms with E-state index in [-0.39, 0.29) is 6.04 Å². The summed E-state index contributed by atoms with van der Waals surface area (Å²) in [7, 11) is 0. The van der Waals surface area contributed by atoms with Crippen molar-refractivity contribution in [2.75, 3.05) is 0 Å². The zero-order valence-electron chi connectivity index (χ0n) is 25.2. The number of aliphatic imine (C=N–C) groups is 2. The summed E-state index contributed by atoms with van der Waals surface area (Å²) in [5.41, 5.74) is 5.84. The van der Waals surface area contributed by atoms with Gasteiger partial charge in [0.15, 0.2) is 11.4 Å². The van der Waals surface area contributed by atoms with Crippen LogP contribution in [0.1, 0.15) is 42.5 Å². The monoisotopic (exact) mass is 632 g/mol. The van der Waals surface area contributed by atoms with Crippen molar-refractivity contribution >= 4 is 87.4 Å². The molecule has 6 aromatic carbocycles. The van der Waals surface area contributed by atoms with Crippen molar-refractivity contribution in [1.29, 1.82) is 0 Å². The molecule has 2 aromatic heterocycles. The number of fused-ring (bicyclic) bond motifs is 8. The van der Waals surface area contributed by atoms with Gasteiger partial charge in [-0.05, 0) is 71.0 Å². The van der Waals surface area contributed by atoms with Crippen LogP contribution in [0.3, 0.4) is 0 Å². The quantitative estimate of drug-likeness (QED) is 0.191. The second kappa shape index (κ2) is 10.9. The summed E-state index contributed by atoms with van der Waals surface area (Å²) in [4.78, 5) is 11.0. The van der Waals surface area contributed by atoms with Crippen molar-refractivity contribution < 1.29 is 4.42 Å². The lowest BCUT2D eigenvalue weighted by atomic mass is 9.88. The summed E-state index contributed by atoms with van der Waals surface area (Å²) in [6.07, 6.45) is 1.76. The van der Waals surface area contributed by atoms with Crippen molar-refractivity contribution in [2.45, 2.75) is 25.8 Å². The summed E-state index contributed by atoms with van der Waals surface area (Å²) in [5, 5.41) is 7.54. The number of benzene rings is 6. The number of thiophene rings is 1. The average molecular weight is 633 g/mol. The van der Waals surface area contributed by atoms with Crippen LogP contribution in [-0.2, 0) is 0 Å². The number of amidine groups is 1. The van der Waals surface area contributed by atoms with Gasteiger partial charge >= 0.3 is 0 Å². The molecule has 9 rings (SSSR count). The summed E-state index contributed by atoms with van der Waals surface area (Å²) >= 11 is 8.82. The number of nitrogens with zero attached hydrogens (tertiary/aromatic N) is 2. The molecule has 0 N–H and O–H groups in total. The first kappa shape index (κ1) is 27.5. The van der Waals surface area contributed by atoms with E-state index in [4.69, 9.17) is 26.0 Å². The summed E-state index contributed by atoms with van der Waals surface area (Å²) in [6, 6.07) is 42.6. The molecule has 1 aliphatic heterocycles. The standard InChI is InChI=1S/C41H29ClN2OS/c1-24-18-20-34(27-22-32-37-28-13-6-5-10-25(28)19-21-35(37)45-39(32)33(42)23-27)43-41(44-38(24)26-11-3-2-4-12-26)31-16-9-15-30-29-14-7-8-17-36(29)46-40(30)31/h2-17,19,21-24,38H,18,20H2,1H3/b43-34+,44-41-. The van der Waals surface area contributed by atoms with Crippen LogP contribution in [0.4, 0.5) is 0 Å². The molecule has 0 aliphatic carbocycles. The first-order chi connectivity index (χ1) is 22.6. The highest BCUT2D eigenvalue weighted by Crippen LogP contribution is 2.41. The SMILES string of the molecule is CC1CC/C(c2cc(Cl)c3oc4ccc5ccccc5c4c3c2)=N\C(c2cccc3c2sc2ccccc23)=N/C1c1ccccc1. The van der Waals surface area contributed by atoms with Gasteiger partial charge in [0.2, 0.25) is 0 Å². The summed E-state index contributed by atoms with van der Waals surface area (Å²) in [6.45, 7) is 2.31. The zero-order chi connectivity index (χ0) is 30.8. The minimum atomic E-state index is 0.00128. The van der Waals surface area contributed by atoms with Crippen molar-refractivity contribution in [3.8, 4) is 0 Å². The lowest BCUT2D eigenvalue weighted by Crippen LogP contribution is -2.18. The van der Waals surface area contributed by atoms with E-state index in [0.29, 0.717) is 16.5 Å². The predicted octanol–water partition coefficient (Wildman–Crippen LogP) is 12.2. The fourth-order valence-electron chi connectivity index (χ4n) is 7.08. The van der Waals surface area contributed by atoms with Gasteiger partial charge in [0.1, 0.15) is 5.58 Å². The van der Waals surface area contributed by atoms with Gasteiger partial charge in [-0.15, -0.1) is 11.3 Å². The van der Waals surface area contributed by atoms with Crippen LogP contribution in [-0.4, -0.2) is 11.5 Å². The summed E-state index contributed by atoms with van der Waals surface area (Å²) in [5.74, 6) is 1.08. The molecular formula is C41H29ClN2OS. The van der Waals surface area contributed by atoms with Gasteiger partial charge in [-0.1, -0.05) is 110 Å². The molecule has 3 heterocycles. The Hall–Kier alpha value is -4.77. The summed E-state index contributed by atoms with van der Waals surface area (Å²) < 4.78 is 8.81. The number of halogens is 1. The molecule has 2 atom stereocenters. The number of hydrogen-bond acceptors (Lipinski definition) is 4. The highest BCUT2D eigenvalue weighted by molar-refractivity contribution is 7.26. The van der Waals surface area contributed by atoms with E-state index in [2.05, 4.69) is 116 Å². The van der Waals surface area contributed by atoms with Crippen molar-refractivity contribution in [1.82, 2.24) is 0 Å². The molecule has 3 nitrogen and oxygen atoms in total. The number of rotatable bonds is 3. The molecule has 8 aromatic rings. The maximum atomic E-state index is 7.01. The smallest absolute Gasteiger partial charge is 0.156 e. The molecule has 0 saturated heterocycles. The molecule has 222 valence electrons. The van der Waals surface area contributed by atoms with E-state index in [0.717, 1.165) is 57.3 Å². The number of furan rings is 1. The van der Waals surface area contributed by atoms with Crippen LogP contribution in [0.25, 0.3) is 52.9 Å². The van der Waals surface area contributed by atoms with Gasteiger partial charge in [0.25, 0.3) is 0 Å². The van der Waals surface area contributed by atoms with Crippen molar-refractivity contribution in [2.24, 2.45) is 15.9 Å². The molecule has 0 saturated carbocycles. The number of hydrogen-bond donors (Lipinski definition) is 0. The molecular weight excluding hydrogens is 604 g/mol. The van der Waals surface area contributed by atoms with E-state index in [1.54, 1.807) is 0 Å². The van der Waals surface area contributed by atoms with Crippen molar-refractivity contribution in [3.63, 3.8) is 0 Å². The fourth-order valence-corrected chi connectivity index (χ4v) is 8.55. The van der Waals surface area contributed by atoms with Gasteiger partial charge < -0.3 is 4.42 Å². The Bertz CT molecular complexity index is 2520. The first-order valence-corrected chi connectivity index (χ1v) is 17.0. The predicted molar refractivity (Wildman–Crippen MR) is 196 cm³/mol. The van der Waals surface area contributed by atoms with Gasteiger partial charge in [0.05, 0.1) is 16.8 Å². The Labute approximate surface area is 275 Å². The Morgan fingerprint density at radius 2 is 1.54 bits per heavy atom. The van der Waals surface area contributed by atoms with E-state index in [1.165, 1.54) is 31.1 Å². The lowest BCUT2D eigenvalue weighted by molar-refractivity contribution is 0.446. The molecule has 0 fully saturated rings. The molecule has 0 amide bonds. The second-order valence-corrected chi connectivity index (χ2v) is 13.7. The highest BCUT2D eigenvalue weighted by atomic mass is 35.5. The Kier molecular flexibility index (Phi) is 6.55. The molecule has 0 spiro atoms. The zero-order valence-corrected chi connectivity index (χ0v) is 26.8. The van der Waals surface area contributed by atoms with Gasteiger partial charge in [0, 0.05) is 36.5 Å². The molecule has 0 radical (unpaired) electrons. The maximum Gasteiger partial charge on any atom is 0.156 e. The maximum absolute atomic E-state index is 7.01. The average Bonchev–Trinajstić information content (AvgIpc) is 3.67. The molecule has 46 heavy (non-hydrogen) atoms. The van der Waals surface area contributed by atoms with Gasteiger partial charge in [-0.3, -0.25) is 4.99 Å². The topological polar surface area (TPSA) is 37.9 Å². The molecule has 1 aliphatic rings. The minimum Gasteiger partial charge on any atom is -0.454 e. The third kappa shape index (κ3) is 4.47. The fraction of sp³-hybridized carbons (Fsp3) is 0.122.